The van der Waals surface area contributed by atoms with Crippen LogP contribution in [-0.4, -0.2) is 0 Å². The topological polar surface area (TPSA) is 0 Å². The molecule has 8 aromatic carbocycles. The Bertz CT molecular complexity index is 2320. The summed E-state index contributed by atoms with van der Waals surface area (Å²) in [6, 6.07) is 48.1. The fraction of sp³-hybridized carbons (Fsp3) is 0.0476. The summed E-state index contributed by atoms with van der Waals surface area (Å²) in [7, 11) is 0. The molecule has 8 aromatic rings. The van der Waals surface area contributed by atoms with E-state index >= 15 is 0 Å². The molecule has 45 heavy (non-hydrogen) atoms. The Balaban J connectivity index is 1.53. The molecule has 0 aliphatic carbocycles. The standard InChI is InChI=1S/C42H27F3/c1-26-12-14-29(15-13-26)38-24-36(27-8-4-2-5-9-27)32-21-23-35-39(30-16-18-31(19-17-30)42(43,44)45)25-37(28-10-6-3-7-11-28)33-20-22-34(38)40(32)41(33)35/h2-25H,1H3. The van der Waals surface area contributed by atoms with Crippen molar-refractivity contribution in [3.05, 3.63) is 157 Å². The summed E-state index contributed by atoms with van der Waals surface area (Å²) in [5.41, 5.74) is 8.89. The van der Waals surface area contributed by atoms with Gasteiger partial charge < -0.3 is 0 Å². The van der Waals surface area contributed by atoms with Gasteiger partial charge in [-0.25, -0.2) is 0 Å². The van der Waals surface area contributed by atoms with Crippen LogP contribution in [0.3, 0.4) is 0 Å². The number of aryl methyl sites for hydroxylation is 1. The van der Waals surface area contributed by atoms with E-state index < -0.39 is 11.7 Å². The van der Waals surface area contributed by atoms with E-state index in [1.807, 2.05) is 24.3 Å². The Morgan fingerprint density at radius 3 is 1.07 bits per heavy atom. The van der Waals surface area contributed by atoms with Crippen molar-refractivity contribution in [3.63, 3.8) is 0 Å². The maximum absolute atomic E-state index is 13.5. The third-order valence-corrected chi connectivity index (χ3v) is 8.95. The highest BCUT2D eigenvalue weighted by molar-refractivity contribution is 6.31. The number of halogens is 3. The SMILES string of the molecule is Cc1ccc(-c2cc(-c3ccccc3)c3ccc4c(-c5ccc(C(F)(F)F)cc5)cc(-c5ccccc5)c5ccc2c3c54)cc1. The molecule has 0 amide bonds. The quantitative estimate of drug-likeness (QED) is 0.179. The number of benzene rings is 8. The Morgan fingerprint density at radius 1 is 0.378 bits per heavy atom. The summed E-state index contributed by atoms with van der Waals surface area (Å²) in [5, 5.41) is 6.71. The van der Waals surface area contributed by atoms with Crippen molar-refractivity contribution in [1.82, 2.24) is 0 Å². The van der Waals surface area contributed by atoms with Gasteiger partial charge >= 0.3 is 6.18 Å². The van der Waals surface area contributed by atoms with Crippen molar-refractivity contribution in [2.75, 3.05) is 0 Å². The summed E-state index contributed by atoms with van der Waals surface area (Å²) in [6.07, 6.45) is -4.39. The largest absolute Gasteiger partial charge is 0.416 e. The molecule has 216 valence electrons. The zero-order chi connectivity index (χ0) is 30.7. The lowest BCUT2D eigenvalue weighted by Gasteiger charge is -2.21. The molecule has 0 atom stereocenters. The first-order valence-electron chi connectivity index (χ1n) is 15.0. The molecule has 0 fully saturated rings. The van der Waals surface area contributed by atoms with E-state index in [1.165, 1.54) is 17.7 Å². The lowest BCUT2D eigenvalue weighted by molar-refractivity contribution is -0.137. The summed E-state index contributed by atoms with van der Waals surface area (Å²) >= 11 is 0. The Hall–Kier alpha value is -5.41. The Kier molecular flexibility index (Phi) is 6.25. The molecular formula is C42H27F3. The smallest absolute Gasteiger partial charge is 0.166 e. The molecule has 0 aromatic heterocycles. The zero-order valence-electron chi connectivity index (χ0n) is 24.5. The maximum atomic E-state index is 13.5. The van der Waals surface area contributed by atoms with Gasteiger partial charge in [0, 0.05) is 0 Å². The average Bonchev–Trinajstić information content (AvgIpc) is 3.07. The summed E-state index contributed by atoms with van der Waals surface area (Å²) < 4.78 is 40.5. The van der Waals surface area contributed by atoms with Crippen LogP contribution in [0.1, 0.15) is 11.1 Å². The van der Waals surface area contributed by atoms with Crippen molar-refractivity contribution in [2.45, 2.75) is 13.1 Å². The van der Waals surface area contributed by atoms with E-state index in [0.29, 0.717) is 0 Å². The van der Waals surface area contributed by atoms with Crippen LogP contribution < -0.4 is 0 Å². The van der Waals surface area contributed by atoms with Crippen molar-refractivity contribution >= 4 is 32.3 Å². The number of hydrogen-bond acceptors (Lipinski definition) is 0. The number of hydrogen-bond donors (Lipinski definition) is 0. The molecule has 0 saturated carbocycles. The molecule has 0 N–H and O–H groups in total. The third-order valence-electron chi connectivity index (χ3n) is 8.95. The molecule has 0 spiro atoms. The first-order chi connectivity index (χ1) is 21.9. The van der Waals surface area contributed by atoms with Gasteiger partial charge in [0.05, 0.1) is 5.56 Å². The molecule has 3 heteroatoms. The predicted octanol–water partition coefficient (Wildman–Crippen LogP) is 12.6. The minimum atomic E-state index is -4.39. The second-order valence-corrected chi connectivity index (χ2v) is 11.7. The van der Waals surface area contributed by atoms with Crippen LogP contribution in [-0.2, 0) is 6.18 Å². The Morgan fingerprint density at radius 2 is 0.711 bits per heavy atom. The van der Waals surface area contributed by atoms with Gasteiger partial charge in [0.2, 0.25) is 0 Å². The third kappa shape index (κ3) is 4.55. The van der Waals surface area contributed by atoms with Crippen LogP contribution in [0.4, 0.5) is 13.2 Å². The van der Waals surface area contributed by atoms with Crippen LogP contribution in [0.5, 0.6) is 0 Å². The fourth-order valence-corrected chi connectivity index (χ4v) is 6.76. The van der Waals surface area contributed by atoms with Gasteiger partial charge in [-0.1, -0.05) is 127 Å². The van der Waals surface area contributed by atoms with E-state index in [4.69, 9.17) is 0 Å². The molecule has 8 rings (SSSR count). The minimum absolute atomic E-state index is 0.650. The van der Waals surface area contributed by atoms with E-state index in [9.17, 15) is 13.2 Å². The van der Waals surface area contributed by atoms with Gasteiger partial charge in [-0.05, 0) is 108 Å². The molecule has 0 saturated heterocycles. The zero-order valence-corrected chi connectivity index (χ0v) is 24.5. The summed E-state index contributed by atoms with van der Waals surface area (Å²) in [6.45, 7) is 2.09. The molecule has 0 unspecified atom stereocenters. The molecule has 0 nitrogen and oxygen atoms in total. The number of alkyl halides is 3. The number of rotatable bonds is 4. The maximum Gasteiger partial charge on any atom is 0.416 e. The normalized spacial score (nSPS) is 12.0. The molecular weight excluding hydrogens is 561 g/mol. The van der Waals surface area contributed by atoms with E-state index in [1.54, 1.807) is 12.1 Å². The van der Waals surface area contributed by atoms with Crippen molar-refractivity contribution in [2.24, 2.45) is 0 Å². The van der Waals surface area contributed by atoms with Gasteiger partial charge in [-0.2, -0.15) is 13.2 Å². The van der Waals surface area contributed by atoms with Crippen LogP contribution in [0.15, 0.2) is 146 Å². The monoisotopic (exact) mass is 588 g/mol. The van der Waals surface area contributed by atoms with Gasteiger partial charge in [0.1, 0.15) is 0 Å². The molecule has 0 aliphatic rings. The van der Waals surface area contributed by atoms with Crippen LogP contribution in [0, 0.1) is 6.92 Å². The van der Waals surface area contributed by atoms with E-state index in [0.717, 1.165) is 76.8 Å². The average molecular weight is 589 g/mol. The fourth-order valence-electron chi connectivity index (χ4n) is 6.76. The second kappa shape index (κ2) is 10.3. The van der Waals surface area contributed by atoms with Gasteiger partial charge in [-0.3, -0.25) is 0 Å². The minimum Gasteiger partial charge on any atom is -0.166 e. The van der Waals surface area contributed by atoms with E-state index in [-0.39, 0.29) is 0 Å². The molecule has 0 heterocycles. The van der Waals surface area contributed by atoms with Crippen LogP contribution >= 0.6 is 0 Å². The van der Waals surface area contributed by atoms with Crippen molar-refractivity contribution in [1.29, 1.82) is 0 Å². The van der Waals surface area contributed by atoms with E-state index in [2.05, 4.69) is 104 Å². The molecule has 0 radical (unpaired) electrons. The first-order valence-corrected chi connectivity index (χ1v) is 15.0. The summed E-state index contributed by atoms with van der Waals surface area (Å²) in [5.74, 6) is 0. The van der Waals surface area contributed by atoms with Crippen molar-refractivity contribution in [3.8, 4) is 44.5 Å². The van der Waals surface area contributed by atoms with Gasteiger partial charge in [0.15, 0.2) is 0 Å². The van der Waals surface area contributed by atoms with Crippen LogP contribution in [0.2, 0.25) is 0 Å². The van der Waals surface area contributed by atoms with Crippen molar-refractivity contribution < 1.29 is 13.2 Å². The van der Waals surface area contributed by atoms with Gasteiger partial charge in [-0.15, -0.1) is 0 Å². The second-order valence-electron chi connectivity index (χ2n) is 11.7. The lowest BCUT2D eigenvalue weighted by Crippen LogP contribution is -2.04. The highest BCUT2D eigenvalue weighted by atomic mass is 19.4. The lowest BCUT2D eigenvalue weighted by atomic mass is 9.82. The molecule has 0 aliphatic heterocycles. The highest BCUT2D eigenvalue weighted by Gasteiger charge is 2.30. The first kappa shape index (κ1) is 27.2. The Labute approximate surface area is 259 Å². The van der Waals surface area contributed by atoms with Gasteiger partial charge in [0.25, 0.3) is 0 Å². The molecule has 0 bridgehead atoms. The van der Waals surface area contributed by atoms with Crippen LogP contribution in [0.25, 0.3) is 76.8 Å². The predicted molar refractivity (Wildman–Crippen MR) is 182 cm³/mol. The highest BCUT2D eigenvalue weighted by Crippen LogP contribution is 2.48. The summed E-state index contributed by atoms with van der Waals surface area (Å²) in [4.78, 5) is 0.